The van der Waals surface area contributed by atoms with Crippen molar-refractivity contribution in [1.29, 1.82) is 5.26 Å². The molecule has 2 N–H and O–H groups in total. The van der Waals surface area contributed by atoms with Crippen molar-refractivity contribution in [2.75, 3.05) is 5.73 Å². The van der Waals surface area contributed by atoms with E-state index in [1.54, 1.807) is 0 Å². The first-order valence-electron chi connectivity index (χ1n) is 7.74. The smallest absolute Gasteiger partial charge is 0.177 e. The van der Waals surface area contributed by atoms with Gasteiger partial charge in [0, 0.05) is 13.0 Å². The highest BCUT2D eigenvalue weighted by molar-refractivity contribution is 8.01. The van der Waals surface area contributed by atoms with Gasteiger partial charge >= 0.3 is 0 Å². The Balaban J connectivity index is 1.76. The number of rotatable bonds is 5. The normalized spacial score (nSPS) is 11.2. The molecule has 4 rings (SSSR count). The first kappa shape index (κ1) is 17.0. The molecular formula is C16H12ClN7S2. The fourth-order valence-corrected chi connectivity index (χ4v) is 4.90. The van der Waals surface area contributed by atoms with E-state index in [2.05, 4.69) is 26.0 Å². The third-order valence-electron chi connectivity index (χ3n) is 3.72. The molecule has 0 aliphatic heterocycles. The molecule has 0 atom stereocenters. The van der Waals surface area contributed by atoms with Crippen LogP contribution in [0.3, 0.4) is 0 Å². The van der Waals surface area contributed by atoms with Gasteiger partial charge in [0.05, 0.1) is 21.3 Å². The lowest BCUT2D eigenvalue weighted by Crippen LogP contribution is -2.01. The summed E-state index contributed by atoms with van der Waals surface area (Å²) in [6, 6.07) is 7.82. The Kier molecular flexibility index (Phi) is 4.63. The van der Waals surface area contributed by atoms with Gasteiger partial charge in [0.2, 0.25) is 0 Å². The van der Waals surface area contributed by atoms with E-state index in [9.17, 15) is 0 Å². The van der Waals surface area contributed by atoms with Crippen molar-refractivity contribution >= 4 is 61.9 Å². The molecular weight excluding hydrogens is 390 g/mol. The quantitative estimate of drug-likeness (QED) is 0.501. The Morgan fingerprint density at radius 2 is 2.19 bits per heavy atom. The first-order chi connectivity index (χ1) is 12.7. The molecule has 26 heavy (non-hydrogen) atoms. The number of aryl methyl sites for hydroxylation is 1. The fraction of sp³-hybridized carbons (Fsp3) is 0.188. The van der Waals surface area contributed by atoms with Gasteiger partial charge in [-0.3, -0.25) is 0 Å². The van der Waals surface area contributed by atoms with Crippen LogP contribution in [-0.2, 0) is 6.54 Å². The maximum absolute atomic E-state index is 8.82. The van der Waals surface area contributed by atoms with Crippen LogP contribution in [0.2, 0.25) is 5.02 Å². The number of hydrogen-bond acceptors (Lipinski definition) is 8. The third kappa shape index (κ3) is 3.07. The first-order valence-corrected chi connectivity index (χ1v) is 9.75. The second-order valence-electron chi connectivity index (χ2n) is 5.41. The number of nitriles is 1. The molecule has 0 saturated heterocycles. The SMILES string of the molecule is N#CCCCn1c(Sc2nc3cccc(Cl)c3s2)nc2c(N)ncnc21. The van der Waals surface area contributed by atoms with Gasteiger partial charge < -0.3 is 10.3 Å². The van der Waals surface area contributed by atoms with Crippen LogP contribution in [0.15, 0.2) is 34.0 Å². The summed E-state index contributed by atoms with van der Waals surface area (Å²) in [4.78, 5) is 17.6. The van der Waals surface area contributed by atoms with Crippen LogP contribution < -0.4 is 5.73 Å². The number of anilines is 1. The molecule has 0 bridgehead atoms. The number of aromatic nitrogens is 5. The number of nitrogens with two attached hydrogens (primary N) is 1. The lowest BCUT2D eigenvalue weighted by Gasteiger charge is -2.05. The zero-order valence-corrected chi connectivity index (χ0v) is 15.8. The van der Waals surface area contributed by atoms with Gasteiger partial charge in [0.25, 0.3) is 0 Å². The number of nitrogen functional groups attached to an aromatic ring is 1. The number of halogens is 1. The summed E-state index contributed by atoms with van der Waals surface area (Å²) in [5.41, 5.74) is 8.03. The second-order valence-corrected chi connectivity index (χ2v) is 8.03. The van der Waals surface area contributed by atoms with E-state index < -0.39 is 0 Å². The molecule has 4 aromatic rings. The maximum atomic E-state index is 8.82. The van der Waals surface area contributed by atoms with Crippen molar-refractivity contribution in [2.45, 2.75) is 28.9 Å². The topological polar surface area (TPSA) is 106 Å². The summed E-state index contributed by atoms with van der Waals surface area (Å²) in [6.45, 7) is 0.620. The molecule has 0 amide bonds. The van der Waals surface area contributed by atoms with Crippen molar-refractivity contribution in [2.24, 2.45) is 0 Å². The fourth-order valence-electron chi connectivity index (χ4n) is 2.55. The van der Waals surface area contributed by atoms with Crippen LogP contribution in [0.25, 0.3) is 21.4 Å². The zero-order chi connectivity index (χ0) is 18.1. The Morgan fingerprint density at radius 1 is 1.31 bits per heavy atom. The molecule has 130 valence electrons. The van der Waals surface area contributed by atoms with Crippen LogP contribution in [0.1, 0.15) is 12.8 Å². The predicted molar refractivity (Wildman–Crippen MR) is 103 cm³/mol. The van der Waals surface area contributed by atoms with E-state index in [0.717, 1.165) is 19.7 Å². The monoisotopic (exact) mass is 401 g/mol. The lowest BCUT2D eigenvalue weighted by atomic mass is 10.3. The third-order valence-corrected chi connectivity index (χ3v) is 6.31. The molecule has 0 saturated carbocycles. The highest BCUT2D eigenvalue weighted by atomic mass is 35.5. The van der Waals surface area contributed by atoms with Crippen LogP contribution >= 0.6 is 34.7 Å². The van der Waals surface area contributed by atoms with Crippen molar-refractivity contribution in [1.82, 2.24) is 24.5 Å². The van der Waals surface area contributed by atoms with Crippen molar-refractivity contribution in [3.8, 4) is 6.07 Å². The number of imidazole rings is 1. The van der Waals surface area contributed by atoms with Gasteiger partial charge in [0.15, 0.2) is 26.5 Å². The summed E-state index contributed by atoms with van der Waals surface area (Å²) >= 11 is 9.20. The summed E-state index contributed by atoms with van der Waals surface area (Å²) in [5, 5.41) is 10.2. The van der Waals surface area contributed by atoms with Crippen LogP contribution in [0, 0.1) is 11.3 Å². The van der Waals surface area contributed by atoms with Gasteiger partial charge in [-0.1, -0.05) is 17.7 Å². The predicted octanol–water partition coefficient (Wildman–Crippen LogP) is 4.13. The van der Waals surface area contributed by atoms with E-state index in [-0.39, 0.29) is 0 Å². The minimum atomic E-state index is 0.336. The van der Waals surface area contributed by atoms with Crippen LogP contribution in [-0.4, -0.2) is 24.5 Å². The number of hydrogen-bond donors (Lipinski definition) is 1. The summed E-state index contributed by atoms with van der Waals surface area (Å²) in [7, 11) is 0. The highest BCUT2D eigenvalue weighted by Gasteiger charge is 2.17. The van der Waals surface area contributed by atoms with Gasteiger partial charge in [0.1, 0.15) is 6.33 Å². The molecule has 0 fully saturated rings. The minimum absolute atomic E-state index is 0.336. The van der Waals surface area contributed by atoms with Crippen LogP contribution in [0.5, 0.6) is 0 Å². The Morgan fingerprint density at radius 3 is 3.00 bits per heavy atom. The number of fused-ring (bicyclic) bond motifs is 2. The van der Waals surface area contributed by atoms with E-state index in [1.165, 1.54) is 29.4 Å². The number of unbranched alkanes of at least 4 members (excludes halogenated alkanes) is 1. The molecule has 3 aromatic heterocycles. The average molecular weight is 402 g/mol. The number of benzene rings is 1. The molecule has 0 unspecified atom stereocenters. The van der Waals surface area contributed by atoms with E-state index in [1.807, 2.05) is 22.8 Å². The zero-order valence-electron chi connectivity index (χ0n) is 13.4. The average Bonchev–Trinajstić information content (AvgIpc) is 3.19. The molecule has 0 aliphatic carbocycles. The second kappa shape index (κ2) is 7.07. The molecule has 0 aliphatic rings. The molecule has 0 spiro atoms. The number of nitrogens with zero attached hydrogens (tertiary/aromatic N) is 6. The largest absolute Gasteiger partial charge is 0.382 e. The molecule has 3 heterocycles. The summed E-state index contributed by atoms with van der Waals surface area (Å²) in [5.74, 6) is 0.336. The highest BCUT2D eigenvalue weighted by Crippen LogP contribution is 2.38. The van der Waals surface area contributed by atoms with Crippen LogP contribution in [0.4, 0.5) is 5.82 Å². The molecule has 1 aromatic carbocycles. The summed E-state index contributed by atoms with van der Waals surface area (Å²) in [6.07, 6.45) is 2.58. The molecule has 10 heteroatoms. The van der Waals surface area contributed by atoms with Gasteiger partial charge in [-0.15, -0.1) is 11.3 Å². The van der Waals surface area contributed by atoms with E-state index in [4.69, 9.17) is 22.6 Å². The number of thiazole rings is 1. The van der Waals surface area contributed by atoms with Gasteiger partial charge in [-0.25, -0.2) is 19.9 Å². The van der Waals surface area contributed by atoms with E-state index in [0.29, 0.717) is 41.4 Å². The lowest BCUT2D eigenvalue weighted by molar-refractivity contribution is 0.614. The summed E-state index contributed by atoms with van der Waals surface area (Å²) < 4.78 is 3.74. The minimum Gasteiger partial charge on any atom is -0.382 e. The van der Waals surface area contributed by atoms with Crippen molar-refractivity contribution in [3.05, 3.63) is 29.5 Å². The van der Waals surface area contributed by atoms with E-state index >= 15 is 0 Å². The Hall–Kier alpha value is -2.41. The van der Waals surface area contributed by atoms with Gasteiger partial charge in [-0.05, 0) is 30.3 Å². The van der Waals surface area contributed by atoms with Gasteiger partial charge in [-0.2, -0.15) is 5.26 Å². The molecule has 7 nitrogen and oxygen atoms in total. The Bertz CT molecular complexity index is 1140. The van der Waals surface area contributed by atoms with Crippen molar-refractivity contribution < 1.29 is 0 Å². The Labute approximate surface area is 161 Å². The van der Waals surface area contributed by atoms with Crippen molar-refractivity contribution in [3.63, 3.8) is 0 Å². The maximum Gasteiger partial charge on any atom is 0.177 e. The standard InChI is InChI=1S/C16H12ClN7S2/c17-9-4-3-5-10-12(9)25-16(22-10)26-15-23-11-13(19)20-8-21-14(11)24(15)7-2-1-6-18/h3-5,8H,1-2,7H2,(H2,19,20,21). The molecule has 0 radical (unpaired) electrons.